The summed E-state index contributed by atoms with van der Waals surface area (Å²) in [6.45, 7) is 3.05. The standard InChI is InChI=1S/C15H21N5O2/c1-16-13(21)10-19-6-8-20(9-7-19)15(22)12-4-5-17-14(18-12)11-2-3-11/h4-5,11H,2-3,6-10H2,1H3,(H,16,21). The van der Waals surface area contributed by atoms with Gasteiger partial charge in [0.15, 0.2) is 0 Å². The van der Waals surface area contributed by atoms with Crippen LogP contribution in [-0.4, -0.2) is 71.4 Å². The Morgan fingerprint density at radius 3 is 2.64 bits per heavy atom. The van der Waals surface area contributed by atoms with Gasteiger partial charge in [-0.1, -0.05) is 0 Å². The average molecular weight is 303 g/mol. The molecule has 3 rings (SSSR count). The maximum atomic E-state index is 12.5. The number of likely N-dealkylation sites (N-methyl/N-ethyl adjacent to an activating group) is 1. The molecule has 0 aromatic carbocycles. The highest BCUT2D eigenvalue weighted by atomic mass is 16.2. The van der Waals surface area contributed by atoms with Crippen LogP contribution in [0.25, 0.3) is 0 Å². The van der Waals surface area contributed by atoms with Gasteiger partial charge in [0, 0.05) is 45.3 Å². The molecule has 0 bridgehead atoms. The molecule has 1 saturated heterocycles. The molecule has 7 nitrogen and oxygen atoms in total. The molecule has 0 unspecified atom stereocenters. The minimum absolute atomic E-state index is 0.00431. The summed E-state index contributed by atoms with van der Waals surface area (Å²) >= 11 is 0. The lowest BCUT2D eigenvalue weighted by molar-refractivity contribution is -0.122. The topological polar surface area (TPSA) is 78.4 Å². The van der Waals surface area contributed by atoms with Gasteiger partial charge in [0.1, 0.15) is 11.5 Å². The van der Waals surface area contributed by atoms with Gasteiger partial charge in [-0.25, -0.2) is 9.97 Å². The third kappa shape index (κ3) is 3.41. The zero-order chi connectivity index (χ0) is 15.5. The first-order chi connectivity index (χ1) is 10.7. The number of nitrogens with one attached hydrogen (secondary N) is 1. The van der Waals surface area contributed by atoms with Crippen molar-refractivity contribution in [3.63, 3.8) is 0 Å². The summed E-state index contributed by atoms with van der Waals surface area (Å²) in [6.07, 6.45) is 3.92. The van der Waals surface area contributed by atoms with Crippen LogP contribution >= 0.6 is 0 Å². The maximum Gasteiger partial charge on any atom is 0.272 e. The van der Waals surface area contributed by atoms with Crippen LogP contribution in [0.3, 0.4) is 0 Å². The fourth-order valence-electron chi connectivity index (χ4n) is 2.58. The zero-order valence-electron chi connectivity index (χ0n) is 12.8. The van der Waals surface area contributed by atoms with Crippen molar-refractivity contribution in [1.82, 2.24) is 25.1 Å². The summed E-state index contributed by atoms with van der Waals surface area (Å²) in [5.74, 6) is 1.20. The largest absolute Gasteiger partial charge is 0.358 e. The molecular weight excluding hydrogens is 282 g/mol. The van der Waals surface area contributed by atoms with Crippen molar-refractivity contribution in [3.05, 3.63) is 23.8 Å². The molecule has 1 aromatic rings. The number of nitrogens with zero attached hydrogens (tertiary/aromatic N) is 4. The lowest BCUT2D eigenvalue weighted by Gasteiger charge is -2.34. The SMILES string of the molecule is CNC(=O)CN1CCN(C(=O)c2ccnc(C3CC3)n2)CC1. The highest BCUT2D eigenvalue weighted by molar-refractivity contribution is 5.92. The van der Waals surface area contributed by atoms with Gasteiger partial charge in [-0.15, -0.1) is 0 Å². The Kier molecular flexibility index (Phi) is 4.33. The van der Waals surface area contributed by atoms with E-state index in [2.05, 4.69) is 20.2 Å². The fourth-order valence-corrected chi connectivity index (χ4v) is 2.58. The molecule has 2 aliphatic rings. The zero-order valence-corrected chi connectivity index (χ0v) is 12.8. The molecular formula is C15H21N5O2. The van der Waals surface area contributed by atoms with E-state index in [0.717, 1.165) is 18.7 Å². The van der Waals surface area contributed by atoms with Crippen LogP contribution in [0.4, 0.5) is 0 Å². The van der Waals surface area contributed by atoms with E-state index < -0.39 is 0 Å². The molecule has 1 saturated carbocycles. The second-order valence-corrected chi connectivity index (χ2v) is 5.82. The van der Waals surface area contributed by atoms with Crippen molar-refractivity contribution in [3.8, 4) is 0 Å². The van der Waals surface area contributed by atoms with E-state index in [0.29, 0.717) is 44.3 Å². The summed E-state index contributed by atoms with van der Waals surface area (Å²) in [5, 5.41) is 2.62. The number of aromatic nitrogens is 2. The van der Waals surface area contributed by atoms with Crippen LogP contribution in [0.15, 0.2) is 12.3 Å². The van der Waals surface area contributed by atoms with Gasteiger partial charge in [-0.3, -0.25) is 14.5 Å². The molecule has 1 aromatic heterocycles. The highest BCUT2D eigenvalue weighted by Crippen LogP contribution is 2.37. The van der Waals surface area contributed by atoms with Crippen molar-refractivity contribution in [1.29, 1.82) is 0 Å². The Labute approximate surface area is 129 Å². The molecule has 2 amide bonds. The van der Waals surface area contributed by atoms with Gasteiger partial charge in [0.2, 0.25) is 5.91 Å². The van der Waals surface area contributed by atoms with E-state index in [-0.39, 0.29) is 11.8 Å². The minimum atomic E-state index is -0.0381. The predicted molar refractivity (Wildman–Crippen MR) is 80.4 cm³/mol. The summed E-state index contributed by atoms with van der Waals surface area (Å²) < 4.78 is 0. The van der Waals surface area contributed by atoms with Crippen molar-refractivity contribution in [2.75, 3.05) is 39.8 Å². The average Bonchev–Trinajstić information content (AvgIpc) is 3.40. The molecule has 1 aliphatic carbocycles. The van der Waals surface area contributed by atoms with E-state index in [4.69, 9.17) is 0 Å². The van der Waals surface area contributed by atoms with E-state index in [9.17, 15) is 9.59 Å². The van der Waals surface area contributed by atoms with Crippen molar-refractivity contribution in [2.45, 2.75) is 18.8 Å². The first kappa shape index (κ1) is 14.9. The Balaban J connectivity index is 1.57. The summed E-state index contributed by atoms with van der Waals surface area (Å²) in [5.41, 5.74) is 0.483. The van der Waals surface area contributed by atoms with Gasteiger partial charge < -0.3 is 10.2 Å². The molecule has 0 radical (unpaired) electrons. The van der Waals surface area contributed by atoms with E-state index in [1.54, 1.807) is 24.2 Å². The number of carbonyl (C=O) groups is 2. The molecule has 7 heteroatoms. The molecule has 0 spiro atoms. The van der Waals surface area contributed by atoms with Gasteiger partial charge in [-0.2, -0.15) is 0 Å². The smallest absolute Gasteiger partial charge is 0.272 e. The number of amides is 2. The quantitative estimate of drug-likeness (QED) is 0.837. The van der Waals surface area contributed by atoms with Crippen LogP contribution in [0.2, 0.25) is 0 Å². The van der Waals surface area contributed by atoms with Gasteiger partial charge in [0.05, 0.1) is 6.54 Å². The van der Waals surface area contributed by atoms with E-state index in [1.807, 2.05) is 0 Å². The summed E-state index contributed by atoms with van der Waals surface area (Å²) in [6, 6.07) is 1.69. The summed E-state index contributed by atoms with van der Waals surface area (Å²) in [4.78, 5) is 36.4. The van der Waals surface area contributed by atoms with E-state index in [1.165, 1.54) is 0 Å². The number of rotatable bonds is 4. The van der Waals surface area contributed by atoms with Crippen LogP contribution in [-0.2, 0) is 4.79 Å². The van der Waals surface area contributed by atoms with Crippen LogP contribution < -0.4 is 5.32 Å². The number of hydrogen-bond acceptors (Lipinski definition) is 5. The lowest BCUT2D eigenvalue weighted by Crippen LogP contribution is -2.51. The molecule has 2 heterocycles. The molecule has 118 valence electrons. The normalized spacial score (nSPS) is 19.0. The second kappa shape index (κ2) is 6.39. The molecule has 0 atom stereocenters. The molecule has 22 heavy (non-hydrogen) atoms. The number of carbonyl (C=O) groups excluding carboxylic acids is 2. The Hall–Kier alpha value is -2.02. The van der Waals surface area contributed by atoms with Gasteiger partial charge in [-0.05, 0) is 18.9 Å². The molecule has 2 fully saturated rings. The monoisotopic (exact) mass is 303 g/mol. The third-order valence-electron chi connectivity index (χ3n) is 4.14. The Morgan fingerprint density at radius 1 is 1.27 bits per heavy atom. The fraction of sp³-hybridized carbons (Fsp3) is 0.600. The van der Waals surface area contributed by atoms with Crippen molar-refractivity contribution >= 4 is 11.8 Å². The Morgan fingerprint density at radius 2 is 2.00 bits per heavy atom. The van der Waals surface area contributed by atoms with Crippen molar-refractivity contribution in [2.24, 2.45) is 0 Å². The van der Waals surface area contributed by atoms with Crippen LogP contribution in [0.1, 0.15) is 35.1 Å². The Bertz CT molecular complexity index is 565. The first-order valence-electron chi connectivity index (χ1n) is 7.72. The van der Waals surface area contributed by atoms with Crippen LogP contribution in [0.5, 0.6) is 0 Å². The molecule has 1 aliphatic heterocycles. The van der Waals surface area contributed by atoms with Crippen molar-refractivity contribution < 1.29 is 9.59 Å². The second-order valence-electron chi connectivity index (χ2n) is 5.82. The summed E-state index contributed by atoms with van der Waals surface area (Å²) in [7, 11) is 1.63. The first-order valence-corrected chi connectivity index (χ1v) is 7.72. The minimum Gasteiger partial charge on any atom is -0.358 e. The number of piperazine rings is 1. The molecule has 1 N–H and O–H groups in total. The van der Waals surface area contributed by atoms with Crippen LogP contribution in [0, 0.1) is 0 Å². The lowest BCUT2D eigenvalue weighted by atomic mass is 10.2. The van der Waals surface area contributed by atoms with Gasteiger partial charge in [0.25, 0.3) is 5.91 Å². The number of hydrogen-bond donors (Lipinski definition) is 1. The van der Waals surface area contributed by atoms with Gasteiger partial charge >= 0.3 is 0 Å². The van der Waals surface area contributed by atoms with E-state index >= 15 is 0 Å². The third-order valence-corrected chi connectivity index (χ3v) is 4.14. The highest BCUT2D eigenvalue weighted by Gasteiger charge is 2.28. The maximum absolute atomic E-state index is 12.5. The predicted octanol–water partition coefficient (Wildman–Crippen LogP) is -0.142.